The van der Waals surface area contributed by atoms with Gasteiger partial charge in [0.15, 0.2) is 0 Å². The van der Waals surface area contributed by atoms with E-state index in [4.69, 9.17) is 9.84 Å². The smallest absolute Gasteiger partial charge is 0.326 e. The van der Waals surface area contributed by atoms with Gasteiger partial charge in [0.25, 0.3) is 0 Å². The van der Waals surface area contributed by atoms with Gasteiger partial charge in [-0.25, -0.2) is 4.79 Å². The van der Waals surface area contributed by atoms with Crippen LogP contribution >= 0.6 is 0 Å². The molecule has 2 unspecified atom stereocenters. The van der Waals surface area contributed by atoms with Crippen LogP contribution < -0.4 is 5.32 Å². The van der Waals surface area contributed by atoms with E-state index < -0.39 is 12.0 Å². The number of carboxylic acid groups (broad SMARTS) is 1. The molecule has 2 N–H and O–H groups in total. The summed E-state index contributed by atoms with van der Waals surface area (Å²) in [5.41, 5.74) is 0. The van der Waals surface area contributed by atoms with Crippen LogP contribution in [0.1, 0.15) is 33.6 Å². The van der Waals surface area contributed by atoms with Crippen molar-refractivity contribution < 1.29 is 24.2 Å². The average molecular weight is 288 g/mol. The standard InChI is InChI=1S/C13H24N2O5/c1-9(20-4)5-6-12(17)15(10(2)13(18)19)8-7-14-11(3)16/h9-10H,5-8H2,1-4H3,(H,14,16)(H,18,19). The van der Waals surface area contributed by atoms with Crippen LogP contribution in [0, 0.1) is 0 Å². The molecular formula is C13H24N2O5. The van der Waals surface area contributed by atoms with Gasteiger partial charge in [0.2, 0.25) is 11.8 Å². The molecule has 0 saturated heterocycles. The molecule has 0 heterocycles. The first-order valence-corrected chi connectivity index (χ1v) is 6.59. The van der Waals surface area contributed by atoms with Crippen LogP contribution in [0.5, 0.6) is 0 Å². The lowest BCUT2D eigenvalue weighted by Crippen LogP contribution is -2.46. The van der Waals surface area contributed by atoms with Crippen LogP contribution in [-0.2, 0) is 19.1 Å². The summed E-state index contributed by atoms with van der Waals surface area (Å²) < 4.78 is 5.06. The van der Waals surface area contributed by atoms with E-state index in [9.17, 15) is 14.4 Å². The summed E-state index contributed by atoms with van der Waals surface area (Å²) in [5.74, 6) is -1.54. The number of carbonyl (C=O) groups is 3. The predicted octanol–water partition coefficient (Wildman–Crippen LogP) is 0.239. The minimum atomic E-state index is -1.07. The van der Waals surface area contributed by atoms with Crippen LogP contribution in [0.4, 0.5) is 0 Å². The zero-order chi connectivity index (χ0) is 15.7. The topological polar surface area (TPSA) is 95.9 Å². The van der Waals surface area contributed by atoms with Crippen molar-refractivity contribution in [3.8, 4) is 0 Å². The third-order valence-electron chi connectivity index (χ3n) is 3.04. The number of aliphatic carboxylic acids is 1. The first kappa shape index (κ1) is 18.4. The molecule has 0 aliphatic carbocycles. The molecule has 7 heteroatoms. The third kappa shape index (κ3) is 7.08. The molecule has 0 aromatic carbocycles. The molecule has 20 heavy (non-hydrogen) atoms. The Labute approximate surface area is 119 Å². The van der Waals surface area contributed by atoms with Crippen molar-refractivity contribution in [3.63, 3.8) is 0 Å². The highest BCUT2D eigenvalue weighted by molar-refractivity contribution is 5.83. The minimum absolute atomic E-state index is 0.0590. The van der Waals surface area contributed by atoms with Gasteiger partial charge in [0.05, 0.1) is 6.10 Å². The van der Waals surface area contributed by atoms with Crippen molar-refractivity contribution in [2.45, 2.75) is 45.8 Å². The van der Waals surface area contributed by atoms with E-state index in [2.05, 4.69) is 5.32 Å². The number of hydrogen-bond acceptors (Lipinski definition) is 4. The van der Waals surface area contributed by atoms with Crippen LogP contribution in [0.3, 0.4) is 0 Å². The van der Waals surface area contributed by atoms with Gasteiger partial charge in [-0.2, -0.15) is 0 Å². The Morgan fingerprint density at radius 1 is 1.30 bits per heavy atom. The molecule has 0 aliphatic rings. The summed E-state index contributed by atoms with van der Waals surface area (Å²) in [6.45, 7) is 5.07. The molecule has 2 atom stereocenters. The molecule has 0 aromatic heterocycles. The molecule has 0 spiro atoms. The van der Waals surface area contributed by atoms with E-state index >= 15 is 0 Å². The highest BCUT2D eigenvalue weighted by Gasteiger charge is 2.25. The number of rotatable bonds is 9. The Morgan fingerprint density at radius 2 is 1.90 bits per heavy atom. The molecular weight excluding hydrogens is 264 g/mol. The van der Waals surface area contributed by atoms with Crippen molar-refractivity contribution in [1.82, 2.24) is 10.2 Å². The zero-order valence-corrected chi connectivity index (χ0v) is 12.5. The highest BCUT2D eigenvalue weighted by atomic mass is 16.5. The lowest BCUT2D eigenvalue weighted by Gasteiger charge is -2.27. The van der Waals surface area contributed by atoms with Crippen molar-refractivity contribution in [2.24, 2.45) is 0 Å². The van der Waals surface area contributed by atoms with E-state index in [0.717, 1.165) is 0 Å². The number of carbonyl (C=O) groups excluding carboxylic acids is 2. The van der Waals surface area contributed by atoms with E-state index in [1.54, 1.807) is 7.11 Å². The van der Waals surface area contributed by atoms with Crippen LogP contribution in [0.2, 0.25) is 0 Å². The maximum Gasteiger partial charge on any atom is 0.326 e. The third-order valence-corrected chi connectivity index (χ3v) is 3.04. The van der Waals surface area contributed by atoms with Gasteiger partial charge in [0, 0.05) is 33.5 Å². The highest BCUT2D eigenvalue weighted by Crippen LogP contribution is 2.07. The van der Waals surface area contributed by atoms with Gasteiger partial charge in [0.1, 0.15) is 6.04 Å². The van der Waals surface area contributed by atoms with Gasteiger partial charge in [-0.15, -0.1) is 0 Å². The Morgan fingerprint density at radius 3 is 2.35 bits per heavy atom. The predicted molar refractivity (Wildman–Crippen MR) is 73.2 cm³/mol. The van der Waals surface area contributed by atoms with Gasteiger partial charge in [-0.05, 0) is 20.3 Å². The molecule has 0 fully saturated rings. The minimum Gasteiger partial charge on any atom is -0.480 e. The monoisotopic (exact) mass is 288 g/mol. The fourth-order valence-electron chi connectivity index (χ4n) is 1.61. The maximum absolute atomic E-state index is 12.1. The quantitative estimate of drug-likeness (QED) is 0.633. The Bertz CT molecular complexity index is 346. The van der Waals surface area contributed by atoms with Crippen molar-refractivity contribution in [1.29, 1.82) is 0 Å². The Kier molecular flexibility index (Phi) is 8.54. The van der Waals surface area contributed by atoms with Crippen LogP contribution in [-0.4, -0.2) is 60.1 Å². The number of amides is 2. The van der Waals surface area contributed by atoms with Crippen LogP contribution in [0.25, 0.3) is 0 Å². The second-order valence-electron chi connectivity index (χ2n) is 4.67. The summed E-state index contributed by atoms with van der Waals surface area (Å²) in [5, 5.41) is 11.6. The number of methoxy groups -OCH3 is 1. The number of ether oxygens (including phenoxy) is 1. The summed E-state index contributed by atoms with van der Waals surface area (Å²) in [7, 11) is 1.56. The SMILES string of the molecule is COC(C)CCC(=O)N(CCNC(C)=O)C(C)C(=O)O. The second kappa shape index (κ2) is 9.30. The number of nitrogens with zero attached hydrogens (tertiary/aromatic N) is 1. The largest absolute Gasteiger partial charge is 0.480 e. The summed E-state index contributed by atoms with van der Waals surface area (Å²) >= 11 is 0. The van der Waals surface area contributed by atoms with E-state index in [1.807, 2.05) is 6.92 Å². The normalized spacial score (nSPS) is 13.4. The van der Waals surface area contributed by atoms with Crippen LogP contribution in [0.15, 0.2) is 0 Å². The fraction of sp³-hybridized carbons (Fsp3) is 0.769. The molecule has 7 nitrogen and oxygen atoms in total. The molecule has 0 radical (unpaired) electrons. The van der Waals surface area contributed by atoms with Crippen molar-refractivity contribution >= 4 is 17.8 Å². The molecule has 0 rings (SSSR count). The Hall–Kier alpha value is -1.63. The van der Waals surface area contributed by atoms with Gasteiger partial charge in [-0.1, -0.05) is 0 Å². The van der Waals surface area contributed by atoms with Crippen molar-refractivity contribution in [3.05, 3.63) is 0 Å². The average Bonchev–Trinajstić information content (AvgIpc) is 2.39. The lowest BCUT2D eigenvalue weighted by molar-refractivity contribution is -0.149. The lowest BCUT2D eigenvalue weighted by atomic mass is 10.1. The zero-order valence-electron chi connectivity index (χ0n) is 12.5. The summed E-state index contributed by atoms with van der Waals surface area (Å²) in [4.78, 5) is 35.2. The summed E-state index contributed by atoms with van der Waals surface area (Å²) in [6.07, 6.45) is 0.682. The molecule has 116 valence electrons. The number of nitrogens with one attached hydrogen (secondary N) is 1. The molecule has 2 amide bonds. The first-order valence-electron chi connectivity index (χ1n) is 6.59. The van der Waals surface area contributed by atoms with Gasteiger partial charge < -0.3 is 20.1 Å². The van der Waals surface area contributed by atoms with E-state index in [0.29, 0.717) is 6.42 Å². The molecule has 0 aromatic rings. The van der Waals surface area contributed by atoms with Crippen molar-refractivity contribution in [2.75, 3.05) is 20.2 Å². The molecule has 0 bridgehead atoms. The number of carboxylic acids is 1. The molecule has 0 aliphatic heterocycles. The van der Waals surface area contributed by atoms with E-state index in [-0.39, 0.29) is 37.4 Å². The summed E-state index contributed by atoms with van der Waals surface area (Å²) in [6, 6.07) is -0.922. The van der Waals surface area contributed by atoms with E-state index in [1.165, 1.54) is 18.7 Å². The first-order chi connectivity index (χ1) is 9.29. The molecule has 0 saturated carbocycles. The Balaban J connectivity index is 4.53. The fourth-order valence-corrected chi connectivity index (χ4v) is 1.61. The maximum atomic E-state index is 12.1. The second-order valence-corrected chi connectivity index (χ2v) is 4.67. The number of hydrogen-bond donors (Lipinski definition) is 2. The van der Waals surface area contributed by atoms with Gasteiger partial charge >= 0.3 is 5.97 Å². The van der Waals surface area contributed by atoms with Gasteiger partial charge in [-0.3, -0.25) is 9.59 Å².